The molecule has 1 unspecified atom stereocenters. The zero-order chi connectivity index (χ0) is 20.0. The van der Waals surface area contributed by atoms with Gasteiger partial charge in [0.05, 0.1) is 11.8 Å². The van der Waals surface area contributed by atoms with Gasteiger partial charge in [0.15, 0.2) is 0 Å². The standard InChI is InChI=1S/C22H19ClN4OS/c23-15-3-1-2-14(12-15)22(9-10-22)21(28)26-16-4-6-17(7-5-16)27-13-25-20-18(19(27)24)8-11-29-20/h1-8,11-13,19H,9-10,24H2,(H,26,28). The number of benzene rings is 2. The highest BCUT2D eigenvalue weighted by Gasteiger charge is 2.51. The molecule has 2 aromatic carbocycles. The fraction of sp³-hybridized carbons (Fsp3) is 0.182. The molecule has 2 aliphatic rings. The van der Waals surface area contributed by atoms with Crippen LogP contribution in [-0.2, 0) is 10.2 Å². The first kappa shape index (κ1) is 18.4. The molecule has 0 saturated heterocycles. The number of aliphatic imine (C=N–C) groups is 1. The van der Waals surface area contributed by atoms with Gasteiger partial charge in [-0.2, -0.15) is 0 Å². The quantitative estimate of drug-likeness (QED) is 0.606. The number of nitrogens with one attached hydrogen (secondary N) is 1. The van der Waals surface area contributed by atoms with E-state index in [2.05, 4.69) is 10.3 Å². The van der Waals surface area contributed by atoms with Gasteiger partial charge in [-0.25, -0.2) is 4.99 Å². The Kier molecular flexibility index (Phi) is 4.42. The van der Waals surface area contributed by atoms with Gasteiger partial charge in [0.1, 0.15) is 11.2 Å². The van der Waals surface area contributed by atoms with Gasteiger partial charge in [-0.15, -0.1) is 11.3 Å². The van der Waals surface area contributed by atoms with Crippen LogP contribution in [0.25, 0.3) is 0 Å². The lowest BCUT2D eigenvalue weighted by Gasteiger charge is -2.29. The Labute approximate surface area is 177 Å². The van der Waals surface area contributed by atoms with Crippen LogP contribution in [0.15, 0.2) is 65.0 Å². The number of halogens is 1. The predicted octanol–water partition coefficient (Wildman–Crippen LogP) is 5.21. The van der Waals surface area contributed by atoms with Crippen LogP contribution in [-0.4, -0.2) is 12.2 Å². The third-order valence-corrected chi connectivity index (χ3v) is 6.65. The molecule has 5 nitrogen and oxygen atoms in total. The van der Waals surface area contributed by atoms with E-state index in [1.165, 1.54) is 0 Å². The molecular formula is C22H19ClN4OS. The van der Waals surface area contributed by atoms with Crippen LogP contribution < -0.4 is 16.0 Å². The van der Waals surface area contributed by atoms with Crippen molar-refractivity contribution in [1.82, 2.24) is 0 Å². The summed E-state index contributed by atoms with van der Waals surface area (Å²) < 4.78 is 0. The van der Waals surface area contributed by atoms with Crippen LogP contribution >= 0.6 is 22.9 Å². The molecule has 7 heteroatoms. The Hall–Kier alpha value is -2.67. The second-order valence-corrected chi connectivity index (χ2v) is 8.70. The van der Waals surface area contributed by atoms with E-state index in [4.69, 9.17) is 17.3 Å². The summed E-state index contributed by atoms with van der Waals surface area (Å²) in [6.45, 7) is 0. The average Bonchev–Trinajstić information content (AvgIpc) is 3.40. The molecule has 1 fully saturated rings. The summed E-state index contributed by atoms with van der Waals surface area (Å²) in [4.78, 5) is 19.3. The fourth-order valence-electron chi connectivity index (χ4n) is 3.73. The summed E-state index contributed by atoms with van der Waals surface area (Å²) in [5, 5.41) is 6.65. The Morgan fingerprint density at radius 2 is 2.00 bits per heavy atom. The largest absolute Gasteiger partial charge is 0.325 e. The van der Waals surface area contributed by atoms with Crippen molar-refractivity contribution in [3.63, 3.8) is 0 Å². The smallest absolute Gasteiger partial charge is 0.235 e. The number of nitrogens with zero attached hydrogens (tertiary/aromatic N) is 2. The molecule has 3 N–H and O–H groups in total. The van der Waals surface area contributed by atoms with Crippen molar-refractivity contribution in [2.45, 2.75) is 24.4 Å². The van der Waals surface area contributed by atoms with Crippen molar-refractivity contribution in [3.8, 4) is 0 Å². The number of amides is 1. The van der Waals surface area contributed by atoms with Crippen molar-refractivity contribution in [2.24, 2.45) is 10.7 Å². The molecule has 29 heavy (non-hydrogen) atoms. The molecule has 1 aliphatic heterocycles. The van der Waals surface area contributed by atoms with Crippen molar-refractivity contribution >= 4 is 51.6 Å². The van der Waals surface area contributed by atoms with E-state index in [0.717, 1.165) is 40.3 Å². The first-order valence-corrected chi connectivity index (χ1v) is 10.7. The van der Waals surface area contributed by atoms with E-state index in [-0.39, 0.29) is 12.1 Å². The normalized spacial score (nSPS) is 19.0. The van der Waals surface area contributed by atoms with E-state index >= 15 is 0 Å². The molecule has 0 radical (unpaired) electrons. The Morgan fingerprint density at radius 3 is 2.72 bits per heavy atom. The number of carbonyl (C=O) groups is 1. The molecule has 5 rings (SSSR count). The molecule has 1 atom stereocenters. The monoisotopic (exact) mass is 422 g/mol. The maximum absolute atomic E-state index is 13.0. The molecule has 3 aromatic rings. The van der Waals surface area contributed by atoms with E-state index in [1.807, 2.05) is 64.9 Å². The predicted molar refractivity (Wildman–Crippen MR) is 119 cm³/mol. The third kappa shape index (κ3) is 3.23. The maximum atomic E-state index is 13.0. The summed E-state index contributed by atoms with van der Waals surface area (Å²) >= 11 is 7.70. The lowest BCUT2D eigenvalue weighted by atomic mass is 9.95. The minimum Gasteiger partial charge on any atom is -0.325 e. The lowest BCUT2D eigenvalue weighted by molar-refractivity contribution is -0.118. The molecule has 1 saturated carbocycles. The summed E-state index contributed by atoms with van der Waals surface area (Å²) in [7, 11) is 0. The number of rotatable bonds is 4. The Morgan fingerprint density at radius 1 is 1.21 bits per heavy atom. The number of thiophene rings is 1. The summed E-state index contributed by atoms with van der Waals surface area (Å²) in [5.74, 6) is 0.00617. The van der Waals surface area contributed by atoms with Gasteiger partial charge in [-0.05, 0) is 66.2 Å². The summed E-state index contributed by atoms with van der Waals surface area (Å²) in [6.07, 6.45) is 3.15. The van der Waals surface area contributed by atoms with Crippen molar-refractivity contribution in [1.29, 1.82) is 0 Å². The van der Waals surface area contributed by atoms with Crippen molar-refractivity contribution in [3.05, 3.63) is 76.1 Å². The molecule has 1 amide bonds. The number of nitrogens with two attached hydrogens (primary N) is 1. The first-order chi connectivity index (χ1) is 14.1. The number of anilines is 2. The lowest BCUT2D eigenvalue weighted by Crippen LogP contribution is -2.35. The summed E-state index contributed by atoms with van der Waals surface area (Å²) in [6, 6.07) is 17.2. The van der Waals surface area contributed by atoms with Crippen LogP contribution in [0.3, 0.4) is 0 Å². The number of hydrogen-bond acceptors (Lipinski definition) is 5. The highest BCUT2D eigenvalue weighted by Crippen LogP contribution is 2.49. The number of hydrogen-bond donors (Lipinski definition) is 2. The minimum atomic E-state index is -0.471. The van der Waals surface area contributed by atoms with Gasteiger partial charge in [0.25, 0.3) is 0 Å². The van der Waals surface area contributed by atoms with Crippen LogP contribution in [0.2, 0.25) is 5.02 Å². The van der Waals surface area contributed by atoms with E-state index in [9.17, 15) is 4.79 Å². The zero-order valence-corrected chi connectivity index (χ0v) is 17.1. The number of carbonyl (C=O) groups excluding carboxylic acids is 1. The van der Waals surface area contributed by atoms with Gasteiger partial charge in [-0.1, -0.05) is 23.7 Å². The van der Waals surface area contributed by atoms with Crippen molar-refractivity contribution < 1.29 is 4.79 Å². The highest BCUT2D eigenvalue weighted by atomic mass is 35.5. The molecule has 2 heterocycles. The topological polar surface area (TPSA) is 70.7 Å². The van der Waals surface area contributed by atoms with Gasteiger partial charge < -0.3 is 16.0 Å². The first-order valence-electron chi connectivity index (χ1n) is 9.40. The molecule has 1 aromatic heterocycles. The van der Waals surface area contributed by atoms with Crippen LogP contribution in [0.1, 0.15) is 30.1 Å². The van der Waals surface area contributed by atoms with Crippen LogP contribution in [0, 0.1) is 0 Å². The third-order valence-electron chi connectivity index (χ3n) is 5.58. The average molecular weight is 423 g/mol. The van der Waals surface area contributed by atoms with E-state index < -0.39 is 5.41 Å². The SMILES string of the molecule is NC1c2ccsc2N=CN1c1ccc(NC(=O)C2(c3cccc(Cl)c3)CC2)cc1. The number of fused-ring (bicyclic) bond motifs is 1. The summed E-state index contributed by atoms with van der Waals surface area (Å²) in [5.41, 5.74) is 9.59. The molecule has 1 aliphatic carbocycles. The van der Waals surface area contributed by atoms with Gasteiger partial charge in [-0.3, -0.25) is 4.79 Å². The maximum Gasteiger partial charge on any atom is 0.235 e. The molecular weight excluding hydrogens is 404 g/mol. The van der Waals surface area contributed by atoms with Crippen LogP contribution in [0.5, 0.6) is 0 Å². The Bertz CT molecular complexity index is 1100. The molecule has 0 spiro atoms. The van der Waals surface area contributed by atoms with Crippen LogP contribution in [0.4, 0.5) is 16.4 Å². The fourth-order valence-corrected chi connectivity index (χ4v) is 4.70. The second-order valence-electron chi connectivity index (χ2n) is 7.37. The highest BCUT2D eigenvalue weighted by molar-refractivity contribution is 7.14. The Balaban J connectivity index is 1.32. The zero-order valence-electron chi connectivity index (χ0n) is 15.5. The van der Waals surface area contributed by atoms with Crippen molar-refractivity contribution in [2.75, 3.05) is 10.2 Å². The molecule has 0 bridgehead atoms. The second kappa shape index (κ2) is 6.99. The van der Waals surface area contributed by atoms with E-state index in [1.54, 1.807) is 17.7 Å². The molecule has 146 valence electrons. The van der Waals surface area contributed by atoms with Gasteiger partial charge in [0, 0.05) is 22.0 Å². The van der Waals surface area contributed by atoms with Gasteiger partial charge >= 0.3 is 0 Å². The van der Waals surface area contributed by atoms with Gasteiger partial charge in [0.2, 0.25) is 5.91 Å². The van der Waals surface area contributed by atoms with E-state index in [0.29, 0.717) is 5.02 Å². The minimum absolute atomic E-state index is 0.00617.